The van der Waals surface area contributed by atoms with Crippen LogP contribution in [-0.4, -0.2) is 22.9 Å². The van der Waals surface area contributed by atoms with E-state index in [0.717, 1.165) is 37.0 Å². The minimum absolute atomic E-state index is 0.681. The molecule has 1 saturated carbocycles. The summed E-state index contributed by atoms with van der Waals surface area (Å²) in [7, 11) is 1.62. The zero-order chi connectivity index (χ0) is 13.0. The third-order valence-electron chi connectivity index (χ3n) is 3.91. The van der Waals surface area contributed by atoms with Gasteiger partial charge < -0.3 is 14.9 Å². The highest BCUT2D eigenvalue weighted by molar-refractivity contribution is 5.29. The van der Waals surface area contributed by atoms with E-state index in [-0.39, 0.29) is 0 Å². The molecule has 0 aliphatic heterocycles. The summed E-state index contributed by atoms with van der Waals surface area (Å²) in [5, 5.41) is 21.0. The summed E-state index contributed by atoms with van der Waals surface area (Å²) in [6, 6.07) is 7.29. The van der Waals surface area contributed by atoms with Crippen molar-refractivity contribution >= 4 is 0 Å². The summed E-state index contributed by atoms with van der Waals surface area (Å²) in [6.07, 6.45) is 4.84. The summed E-state index contributed by atoms with van der Waals surface area (Å²) in [4.78, 5) is 0. The number of hydrogen-bond donors (Lipinski definition) is 2. The highest BCUT2D eigenvalue weighted by Gasteiger charge is 2.36. The van der Waals surface area contributed by atoms with E-state index in [1.807, 2.05) is 24.3 Å². The zero-order valence-electron chi connectivity index (χ0n) is 10.9. The van der Waals surface area contributed by atoms with Crippen molar-refractivity contribution in [2.45, 2.75) is 50.2 Å². The second-order valence-electron chi connectivity index (χ2n) is 5.19. The lowest BCUT2D eigenvalue weighted by molar-refractivity contribution is -0.0867. The quantitative estimate of drug-likeness (QED) is 0.811. The van der Waals surface area contributed by atoms with Gasteiger partial charge in [-0.3, -0.25) is 0 Å². The third-order valence-corrected chi connectivity index (χ3v) is 3.91. The number of rotatable bonds is 3. The maximum Gasteiger partial charge on any atom is 0.118 e. The number of benzene rings is 1. The molecule has 0 bridgehead atoms. The fourth-order valence-electron chi connectivity index (χ4n) is 2.71. The topological polar surface area (TPSA) is 49.7 Å². The molecule has 0 spiro atoms. The Morgan fingerprint density at radius 3 is 2.11 bits per heavy atom. The number of aliphatic hydroxyl groups excluding tert-OH is 1. The van der Waals surface area contributed by atoms with E-state index < -0.39 is 11.7 Å². The van der Waals surface area contributed by atoms with Crippen LogP contribution in [-0.2, 0) is 0 Å². The molecule has 0 saturated heterocycles. The average molecular weight is 250 g/mol. The minimum Gasteiger partial charge on any atom is -0.497 e. The van der Waals surface area contributed by atoms with E-state index in [1.165, 1.54) is 0 Å². The van der Waals surface area contributed by atoms with Crippen molar-refractivity contribution in [1.82, 2.24) is 0 Å². The van der Waals surface area contributed by atoms with Crippen molar-refractivity contribution in [3.8, 4) is 5.75 Å². The van der Waals surface area contributed by atoms with Crippen LogP contribution in [0.5, 0.6) is 5.75 Å². The van der Waals surface area contributed by atoms with Gasteiger partial charge in [-0.2, -0.15) is 0 Å². The molecule has 3 heteroatoms. The van der Waals surface area contributed by atoms with Crippen LogP contribution in [0.4, 0.5) is 0 Å². The largest absolute Gasteiger partial charge is 0.497 e. The van der Waals surface area contributed by atoms with E-state index in [1.54, 1.807) is 7.11 Å². The lowest BCUT2D eigenvalue weighted by atomic mass is 9.84. The summed E-state index contributed by atoms with van der Waals surface area (Å²) in [5.74, 6) is 0.763. The van der Waals surface area contributed by atoms with Crippen LogP contribution in [0.3, 0.4) is 0 Å². The monoisotopic (exact) mass is 250 g/mol. The highest BCUT2D eigenvalue weighted by atomic mass is 16.5. The Bertz CT molecular complexity index is 364. The van der Waals surface area contributed by atoms with E-state index in [4.69, 9.17) is 4.74 Å². The second kappa shape index (κ2) is 5.72. The molecule has 1 fully saturated rings. The van der Waals surface area contributed by atoms with Crippen molar-refractivity contribution in [1.29, 1.82) is 0 Å². The molecule has 0 amide bonds. The van der Waals surface area contributed by atoms with E-state index in [2.05, 4.69) is 0 Å². The normalized spacial score (nSPS) is 21.1. The molecule has 2 N–H and O–H groups in total. The van der Waals surface area contributed by atoms with Crippen molar-refractivity contribution in [3.05, 3.63) is 29.8 Å². The first-order chi connectivity index (χ1) is 8.65. The van der Waals surface area contributed by atoms with Crippen molar-refractivity contribution in [2.75, 3.05) is 7.11 Å². The molecule has 1 aromatic carbocycles. The van der Waals surface area contributed by atoms with Crippen LogP contribution >= 0.6 is 0 Å². The molecule has 1 aliphatic carbocycles. The van der Waals surface area contributed by atoms with Gasteiger partial charge in [-0.05, 0) is 30.5 Å². The fraction of sp³-hybridized carbons (Fsp3) is 0.600. The Morgan fingerprint density at radius 1 is 1.06 bits per heavy atom. The Morgan fingerprint density at radius 2 is 1.61 bits per heavy atom. The smallest absolute Gasteiger partial charge is 0.118 e. The molecule has 1 aromatic rings. The standard InChI is InChI=1S/C15H22O3/c1-18-13-8-6-12(7-9-13)14(16)15(17)10-4-2-3-5-11-15/h6-9,14,16-17H,2-5,10-11H2,1H3. The SMILES string of the molecule is COc1ccc(C(O)C2(O)CCCCCC2)cc1. The molecule has 0 radical (unpaired) electrons. The molecular formula is C15H22O3. The molecule has 100 valence electrons. The van der Waals surface area contributed by atoms with Gasteiger partial charge in [-0.1, -0.05) is 37.8 Å². The maximum atomic E-state index is 10.6. The molecular weight excluding hydrogens is 228 g/mol. The molecule has 2 rings (SSSR count). The Balaban J connectivity index is 2.14. The lowest BCUT2D eigenvalue weighted by Crippen LogP contribution is -2.35. The molecule has 1 atom stereocenters. The van der Waals surface area contributed by atoms with Gasteiger partial charge in [0.05, 0.1) is 12.7 Å². The summed E-state index contributed by atoms with van der Waals surface area (Å²) < 4.78 is 5.10. The molecule has 1 aliphatic rings. The summed E-state index contributed by atoms with van der Waals surface area (Å²) >= 11 is 0. The van der Waals surface area contributed by atoms with Crippen LogP contribution in [0.2, 0.25) is 0 Å². The Hall–Kier alpha value is -1.06. The first-order valence-electron chi connectivity index (χ1n) is 6.70. The van der Waals surface area contributed by atoms with Crippen LogP contribution in [0.25, 0.3) is 0 Å². The lowest BCUT2D eigenvalue weighted by Gasteiger charge is -2.32. The van der Waals surface area contributed by atoms with E-state index in [0.29, 0.717) is 12.8 Å². The van der Waals surface area contributed by atoms with Crippen LogP contribution in [0, 0.1) is 0 Å². The minimum atomic E-state index is -0.967. The van der Waals surface area contributed by atoms with Crippen LogP contribution < -0.4 is 4.74 Å². The predicted octanol–water partition coefficient (Wildman–Crippen LogP) is 2.81. The van der Waals surface area contributed by atoms with E-state index in [9.17, 15) is 10.2 Å². The predicted molar refractivity (Wildman–Crippen MR) is 70.6 cm³/mol. The van der Waals surface area contributed by atoms with Crippen molar-refractivity contribution in [3.63, 3.8) is 0 Å². The molecule has 1 unspecified atom stereocenters. The Labute approximate surface area is 108 Å². The van der Waals surface area contributed by atoms with Gasteiger partial charge in [0.25, 0.3) is 0 Å². The van der Waals surface area contributed by atoms with Crippen molar-refractivity contribution in [2.24, 2.45) is 0 Å². The van der Waals surface area contributed by atoms with Crippen molar-refractivity contribution < 1.29 is 14.9 Å². The third kappa shape index (κ3) is 2.85. The summed E-state index contributed by atoms with van der Waals surface area (Å²) in [5.41, 5.74) is -0.203. The number of ether oxygens (including phenoxy) is 1. The first kappa shape index (κ1) is 13.4. The molecule has 3 nitrogen and oxygen atoms in total. The zero-order valence-corrected chi connectivity index (χ0v) is 10.9. The fourth-order valence-corrected chi connectivity index (χ4v) is 2.71. The van der Waals surface area contributed by atoms with Gasteiger partial charge in [-0.25, -0.2) is 0 Å². The molecule has 0 heterocycles. The van der Waals surface area contributed by atoms with Gasteiger partial charge in [0, 0.05) is 0 Å². The number of aliphatic hydroxyl groups is 2. The number of methoxy groups -OCH3 is 1. The second-order valence-corrected chi connectivity index (χ2v) is 5.19. The summed E-state index contributed by atoms with van der Waals surface area (Å²) in [6.45, 7) is 0. The molecule has 0 aromatic heterocycles. The maximum absolute atomic E-state index is 10.6. The van der Waals surface area contributed by atoms with Gasteiger partial charge in [0.2, 0.25) is 0 Å². The highest BCUT2D eigenvalue weighted by Crippen LogP contribution is 2.37. The van der Waals surface area contributed by atoms with E-state index >= 15 is 0 Å². The molecule has 18 heavy (non-hydrogen) atoms. The van der Waals surface area contributed by atoms with Gasteiger partial charge in [0.1, 0.15) is 11.9 Å². The van der Waals surface area contributed by atoms with Gasteiger partial charge in [0.15, 0.2) is 0 Å². The average Bonchev–Trinajstić information content (AvgIpc) is 2.64. The van der Waals surface area contributed by atoms with Gasteiger partial charge in [-0.15, -0.1) is 0 Å². The van der Waals surface area contributed by atoms with Gasteiger partial charge >= 0.3 is 0 Å². The number of hydrogen-bond acceptors (Lipinski definition) is 3. The van der Waals surface area contributed by atoms with Crippen LogP contribution in [0.1, 0.15) is 50.2 Å². The Kier molecular flexibility index (Phi) is 4.25. The van der Waals surface area contributed by atoms with Crippen LogP contribution in [0.15, 0.2) is 24.3 Å². The first-order valence-corrected chi connectivity index (χ1v) is 6.70.